The summed E-state index contributed by atoms with van der Waals surface area (Å²) in [6.07, 6.45) is 0. The molecule has 1 fully saturated rings. The molecule has 9 heteroatoms. The Balaban J connectivity index is 1.79. The van der Waals surface area contributed by atoms with Gasteiger partial charge in [-0.25, -0.2) is 17.2 Å². The molecule has 0 saturated carbocycles. The van der Waals surface area contributed by atoms with Crippen LogP contribution in [0, 0.1) is 11.6 Å². The molecule has 3 rings (SSSR count). The van der Waals surface area contributed by atoms with E-state index in [0.717, 1.165) is 12.1 Å². The standard InChI is InChI=1S/C18H20F2N2O4S/c1-25-14-4-6-17(26-2)18(12-14)27(23,24)22-9-7-21(8-10-22)13-3-5-15(19)16(20)11-13/h3-6,11-12H,7-10H2,1-2H3. The summed E-state index contributed by atoms with van der Waals surface area (Å²) < 4.78 is 64.3. The summed E-state index contributed by atoms with van der Waals surface area (Å²) in [4.78, 5) is 1.85. The summed E-state index contributed by atoms with van der Waals surface area (Å²) in [5.41, 5.74) is 0.518. The Morgan fingerprint density at radius 1 is 0.889 bits per heavy atom. The number of nitrogens with zero attached hydrogens (tertiary/aromatic N) is 2. The fourth-order valence-electron chi connectivity index (χ4n) is 2.99. The first-order valence-electron chi connectivity index (χ1n) is 8.29. The molecular formula is C18H20F2N2O4S. The molecule has 1 aliphatic rings. The monoisotopic (exact) mass is 398 g/mol. The molecule has 0 spiro atoms. The van der Waals surface area contributed by atoms with Crippen molar-refractivity contribution in [3.05, 3.63) is 48.0 Å². The smallest absolute Gasteiger partial charge is 0.247 e. The predicted octanol–water partition coefficient (Wildman–Crippen LogP) is 2.49. The fraction of sp³-hybridized carbons (Fsp3) is 0.333. The number of anilines is 1. The highest BCUT2D eigenvalue weighted by molar-refractivity contribution is 7.89. The van der Waals surface area contributed by atoms with Gasteiger partial charge in [-0.2, -0.15) is 4.31 Å². The van der Waals surface area contributed by atoms with Crippen LogP contribution in [0.25, 0.3) is 0 Å². The van der Waals surface area contributed by atoms with Crippen molar-refractivity contribution in [3.8, 4) is 11.5 Å². The van der Waals surface area contributed by atoms with Crippen molar-refractivity contribution in [2.75, 3.05) is 45.3 Å². The third kappa shape index (κ3) is 3.84. The van der Waals surface area contributed by atoms with Crippen molar-refractivity contribution in [2.45, 2.75) is 4.90 Å². The van der Waals surface area contributed by atoms with Crippen LogP contribution in [0.1, 0.15) is 0 Å². The van der Waals surface area contributed by atoms with Crippen molar-refractivity contribution < 1.29 is 26.7 Å². The van der Waals surface area contributed by atoms with Gasteiger partial charge in [-0.1, -0.05) is 0 Å². The third-order valence-corrected chi connectivity index (χ3v) is 6.42. The van der Waals surface area contributed by atoms with Crippen LogP contribution < -0.4 is 14.4 Å². The first kappa shape index (κ1) is 19.4. The number of piperazine rings is 1. The maximum absolute atomic E-state index is 13.4. The Labute approximate surface area is 157 Å². The SMILES string of the molecule is COc1ccc(OC)c(S(=O)(=O)N2CCN(c3ccc(F)c(F)c3)CC2)c1. The molecule has 0 aromatic heterocycles. The van der Waals surface area contributed by atoms with Crippen LogP contribution >= 0.6 is 0 Å². The van der Waals surface area contributed by atoms with Gasteiger partial charge >= 0.3 is 0 Å². The molecule has 0 aliphatic carbocycles. The molecule has 0 radical (unpaired) electrons. The maximum atomic E-state index is 13.4. The number of ether oxygens (including phenoxy) is 2. The van der Waals surface area contributed by atoms with E-state index in [-0.39, 0.29) is 23.7 Å². The summed E-state index contributed by atoms with van der Waals surface area (Å²) in [5, 5.41) is 0. The number of methoxy groups -OCH3 is 2. The minimum absolute atomic E-state index is 0.0330. The summed E-state index contributed by atoms with van der Waals surface area (Å²) in [5.74, 6) is -1.19. The van der Waals surface area contributed by atoms with E-state index in [4.69, 9.17) is 9.47 Å². The lowest BCUT2D eigenvalue weighted by atomic mass is 10.2. The Morgan fingerprint density at radius 2 is 1.59 bits per heavy atom. The normalized spacial score (nSPS) is 15.6. The largest absolute Gasteiger partial charge is 0.497 e. The maximum Gasteiger partial charge on any atom is 0.247 e. The van der Waals surface area contributed by atoms with Crippen LogP contribution in [0.2, 0.25) is 0 Å². The highest BCUT2D eigenvalue weighted by Crippen LogP contribution is 2.31. The van der Waals surface area contributed by atoms with E-state index in [1.165, 1.54) is 30.7 Å². The van der Waals surface area contributed by atoms with Gasteiger partial charge in [0.1, 0.15) is 16.4 Å². The summed E-state index contributed by atoms with van der Waals surface area (Å²) in [7, 11) is -0.929. The second kappa shape index (κ2) is 7.69. The summed E-state index contributed by atoms with van der Waals surface area (Å²) >= 11 is 0. The predicted molar refractivity (Wildman–Crippen MR) is 96.9 cm³/mol. The van der Waals surface area contributed by atoms with Crippen LogP contribution in [-0.4, -0.2) is 53.1 Å². The molecule has 1 heterocycles. The lowest BCUT2D eigenvalue weighted by Crippen LogP contribution is -2.48. The van der Waals surface area contributed by atoms with Crippen LogP contribution in [0.5, 0.6) is 11.5 Å². The van der Waals surface area contributed by atoms with Crippen molar-refractivity contribution in [1.82, 2.24) is 4.31 Å². The van der Waals surface area contributed by atoms with Crippen molar-refractivity contribution in [2.24, 2.45) is 0 Å². The average Bonchev–Trinajstić information content (AvgIpc) is 2.69. The van der Waals surface area contributed by atoms with Gasteiger partial charge in [0.2, 0.25) is 10.0 Å². The number of sulfonamides is 1. The molecule has 0 bridgehead atoms. The summed E-state index contributed by atoms with van der Waals surface area (Å²) in [6, 6.07) is 8.26. The van der Waals surface area contributed by atoms with Crippen LogP contribution in [0.4, 0.5) is 14.5 Å². The zero-order valence-corrected chi connectivity index (χ0v) is 15.8. The second-order valence-electron chi connectivity index (χ2n) is 6.01. The van der Waals surface area contributed by atoms with Crippen molar-refractivity contribution in [1.29, 1.82) is 0 Å². The minimum Gasteiger partial charge on any atom is -0.497 e. The molecule has 0 amide bonds. The van der Waals surface area contributed by atoms with Gasteiger partial charge in [-0.15, -0.1) is 0 Å². The Bertz CT molecular complexity index is 929. The van der Waals surface area contributed by atoms with E-state index in [1.807, 2.05) is 4.90 Å². The number of hydrogen-bond acceptors (Lipinski definition) is 5. The van der Waals surface area contributed by atoms with E-state index in [2.05, 4.69) is 0 Å². The molecule has 0 atom stereocenters. The zero-order chi connectivity index (χ0) is 19.6. The molecule has 0 N–H and O–H groups in total. The molecule has 2 aromatic rings. The molecule has 2 aromatic carbocycles. The highest BCUT2D eigenvalue weighted by atomic mass is 32.2. The van der Waals surface area contributed by atoms with Gasteiger partial charge in [0.25, 0.3) is 0 Å². The van der Waals surface area contributed by atoms with Gasteiger partial charge in [0.15, 0.2) is 11.6 Å². The summed E-state index contributed by atoms with van der Waals surface area (Å²) in [6.45, 7) is 1.14. The number of benzene rings is 2. The molecule has 146 valence electrons. The number of rotatable bonds is 5. The number of halogens is 2. The molecular weight excluding hydrogens is 378 g/mol. The van der Waals surface area contributed by atoms with E-state index in [0.29, 0.717) is 24.5 Å². The third-order valence-electron chi connectivity index (χ3n) is 4.50. The lowest BCUT2D eigenvalue weighted by molar-refractivity contribution is 0.370. The van der Waals surface area contributed by atoms with Crippen LogP contribution in [0.15, 0.2) is 41.3 Å². The van der Waals surface area contributed by atoms with Gasteiger partial charge in [0, 0.05) is 44.0 Å². The minimum atomic E-state index is -3.79. The highest BCUT2D eigenvalue weighted by Gasteiger charge is 2.31. The van der Waals surface area contributed by atoms with Crippen LogP contribution in [0.3, 0.4) is 0 Å². The first-order valence-corrected chi connectivity index (χ1v) is 9.73. The quantitative estimate of drug-likeness (QED) is 0.775. The molecule has 27 heavy (non-hydrogen) atoms. The van der Waals surface area contributed by atoms with Crippen molar-refractivity contribution >= 4 is 15.7 Å². The first-order chi connectivity index (χ1) is 12.9. The molecule has 1 saturated heterocycles. The van der Waals surface area contributed by atoms with Gasteiger partial charge in [-0.3, -0.25) is 0 Å². The molecule has 0 unspecified atom stereocenters. The van der Waals surface area contributed by atoms with Crippen molar-refractivity contribution in [3.63, 3.8) is 0 Å². The van der Waals surface area contributed by atoms with E-state index in [1.54, 1.807) is 12.1 Å². The van der Waals surface area contributed by atoms with E-state index in [9.17, 15) is 17.2 Å². The molecule has 6 nitrogen and oxygen atoms in total. The van der Waals surface area contributed by atoms with E-state index < -0.39 is 21.7 Å². The Kier molecular flexibility index (Phi) is 5.52. The second-order valence-corrected chi connectivity index (χ2v) is 7.91. The van der Waals surface area contributed by atoms with Gasteiger partial charge in [-0.05, 0) is 24.3 Å². The number of hydrogen-bond donors (Lipinski definition) is 0. The van der Waals surface area contributed by atoms with E-state index >= 15 is 0 Å². The Morgan fingerprint density at radius 3 is 2.19 bits per heavy atom. The lowest BCUT2D eigenvalue weighted by Gasteiger charge is -2.35. The zero-order valence-electron chi connectivity index (χ0n) is 15.0. The van der Waals surface area contributed by atoms with Crippen LogP contribution in [-0.2, 0) is 10.0 Å². The fourth-order valence-corrected chi connectivity index (χ4v) is 4.59. The molecule has 1 aliphatic heterocycles. The Hall–Kier alpha value is -2.39. The van der Waals surface area contributed by atoms with Gasteiger partial charge in [0.05, 0.1) is 14.2 Å². The topological polar surface area (TPSA) is 59.1 Å². The van der Waals surface area contributed by atoms with Gasteiger partial charge < -0.3 is 14.4 Å². The average molecular weight is 398 g/mol.